The first kappa shape index (κ1) is 20.4. The van der Waals surface area contributed by atoms with E-state index in [9.17, 15) is 4.79 Å². The lowest BCUT2D eigenvalue weighted by atomic mass is 10.1. The van der Waals surface area contributed by atoms with Crippen molar-refractivity contribution in [1.29, 1.82) is 0 Å². The number of methoxy groups -OCH3 is 3. The fourth-order valence-electron chi connectivity index (χ4n) is 3.26. The van der Waals surface area contributed by atoms with Crippen molar-refractivity contribution >= 4 is 5.91 Å². The Bertz CT molecular complexity index is 559. The molecule has 0 spiro atoms. The SMILES string of the molecule is COc1cc(CCC(=O)NC(C)CCC2CCCO2)cc(OC)c1OC. The van der Waals surface area contributed by atoms with E-state index in [1.165, 1.54) is 0 Å². The Labute approximate surface area is 156 Å². The lowest BCUT2D eigenvalue weighted by Crippen LogP contribution is -2.33. The second kappa shape index (κ2) is 10.3. The van der Waals surface area contributed by atoms with E-state index in [1.54, 1.807) is 21.3 Å². The summed E-state index contributed by atoms with van der Waals surface area (Å²) in [5, 5.41) is 3.07. The summed E-state index contributed by atoms with van der Waals surface area (Å²) >= 11 is 0. The van der Waals surface area contributed by atoms with Crippen molar-refractivity contribution in [3.63, 3.8) is 0 Å². The van der Waals surface area contributed by atoms with Gasteiger partial charge in [-0.15, -0.1) is 0 Å². The lowest BCUT2D eigenvalue weighted by molar-refractivity contribution is -0.121. The molecule has 1 N–H and O–H groups in total. The van der Waals surface area contributed by atoms with Gasteiger partial charge in [0.25, 0.3) is 0 Å². The zero-order valence-electron chi connectivity index (χ0n) is 16.3. The molecule has 0 aromatic heterocycles. The Morgan fingerprint density at radius 1 is 1.23 bits per heavy atom. The van der Waals surface area contributed by atoms with Gasteiger partial charge in [0.1, 0.15) is 0 Å². The minimum atomic E-state index is 0.0543. The maximum absolute atomic E-state index is 12.2. The van der Waals surface area contributed by atoms with Crippen LogP contribution >= 0.6 is 0 Å². The molecule has 6 nitrogen and oxygen atoms in total. The Hall–Kier alpha value is -1.95. The zero-order valence-corrected chi connectivity index (χ0v) is 16.3. The quantitative estimate of drug-likeness (QED) is 0.690. The van der Waals surface area contributed by atoms with Gasteiger partial charge in [0.05, 0.1) is 27.4 Å². The third-order valence-corrected chi connectivity index (χ3v) is 4.72. The monoisotopic (exact) mass is 365 g/mol. The number of hydrogen-bond donors (Lipinski definition) is 1. The fourth-order valence-corrected chi connectivity index (χ4v) is 3.26. The number of nitrogens with one attached hydrogen (secondary N) is 1. The average Bonchev–Trinajstić information content (AvgIpc) is 3.17. The second-order valence-electron chi connectivity index (χ2n) is 6.71. The van der Waals surface area contributed by atoms with Crippen LogP contribution < -0.4 is 19.5 Å². The average molecular weight is 365 g/mol. The van der Waals surface area contributed by atoms with E-state index in [4.69, 9.17) is 18.9 Å². The first-order valence-electron chi connectivity index (χ1n) is 9.27. The third kappa shape index (κ3) is 5.80. The van der Waals surface area contributed by atoms with Gasteiger partial charge in [0.2, 0.25) is 11.7 Å². The van der Waals surface area contributed by atoms with Gasteiger partial charge in [0.15, 0.2) is 11.5 Å². The van der Waals surface area contributed by atoms with Crippen LogP contribution in [0.15, 0.2) is 12.1 Å². The summed E-state index contributed by atoms with van der Waals surface area (Å²) in [7, 11) is 4.75. The summed E-state index contributed by atoms with van der Waals surface area (Å²) in [4.78, 5) is 12.2. The first-order chi connectivity index (χ1) is 12.6. The van der Waals surface area contributed by atoms with Crippen molar-refractivity contribution < 1.29 is 23.7 Å². The summed E-state index contributed by atoms with van der Waals surface area (Å²) in [5.74, 6) is 1.82. The number of benzene rings is 1. The number of amides is 1. The molecule has 1 amide bonds. The van der Waals surface area contributed by atoms with E-state index < -0.39 is 0 Å². The van der Waals surface area contributed by atoms with Crippen molar-refractivity contribution in [2.75, 3.05) is 27.9 Å². The van der Waals surface area contributed by atoms with Gasteiger partial charge in [-0.1, -0.05) is 0 Å². The van der Waals surface area contributed by atoms with E-state index in [0.29, 0.717) is 36.2 Å². The molecule has 1 aromatic carbocycles. The topological polar surface area (TPSA) is 66.0 Å². The molecule has 26 heavy (non-hydrogen) atoms. The highest BCUT2D eigenvalue weighted by Gasteiger charge is 2.17. The van der Waals surface area contributed by atoms with Crippen LogP contribution in [0.25, 0.3) is 0 Å². The highest BCUT2D eigenvalue weighted by atomic mass is 16.5. The number of ether oxygens (including phenoxy) is 4. The molecule has 1 fully saturated rings. The standard InChI is InChI=1S/C20H31NO5/c1-14(7-9-16-6-5-11-26-16)21-19(22)10-8-15-12-17(23-2)20(25-4)18(13-15)24-3/h12-14,16H,5-11H2,1-4H3,(H,21,22). The molecule has 1 aliphatic rings. The highest BCUT2D eigenvalue weighted by molar-refractivity contribution is 5.76. The molecule has 0 saturated carbocycles. The van der Waals surface area contributed by atoms with Crippen LogP contribution in [-0.4, -0.2) is 46.0 Å². The Kier molecular flexibility index (Phi) is 8.04. The predicted octanol–water partition coefficient (Wildman–Crippen LogP) is 3.11. The molecule has 0 radical (unpaired) electrons. The zero-order chi connectivity index (χ0) is 18.9. The molecular weight excluding hydrogens is 334 g/mol. The third-order valence-electron chi connectivity index (χ3n) is 4.72. The molecule has 2 rings (SSSR count). The van der Waals surface area contributed by atoms with Crippen molar-refractivity contribution in [3.05, 3.63) is 17.7 Å². The molecule has 146 valence electrons. The molecule has 2 unspecified atom stereocenters. The Morgan fingerprint density at radius 2 is 1.92 bits per heavy atom. The Morgan fingerprint density at radius 3 is 2.46 bits per heavy atom. The highest BCUT2D eigenvalue weighted by Crippen LogP contribution is 2.38. The Balaban J connectivity index is 1.82. The van der Waals surface area contributed by atoms with E-state index >= 15 is 0 Å². The van der Waals surface area contributed by atoms with Crippen LogP contribution in [0, 0.1) is 0 Å². The summed E-state index contributed by atoms with van der Waals surface area (Å²) in [6.45, 7) is 2.92. The van der Waals surface area contributed by atoms with Gasteiger partial charge in [-0.3, -0.25) is 4.79 Å². The van der Waals surface area contributed by atoms with Crippen molar-refractivity contribution in [2.45, 2.75) is 57.6 Å². The van der Waals surface area contributed by atoms with Gasteiger partial charge in [0, 0.05) is 19.1 Å². The van der Waals surface area contributed by atoms with Gasteiger partial charge < -0.3 is 24.3 Å². The van der Waals surface area contributed by atoms with Crippen LogP contribution in [0.3, 0.4) is 0 Å². The normalized spacial score (nSPS) is 17.6. The van der Waals surface area contributed by atoms with E-state index in [-0.39, 0.29) is 11.9 Å². The summed E-state index contributed by atoms with van der Waals surface area (Å²) in [6, 6.07) is 3.93. The number of aryl methyl sites for hydroxylation is 1. The summed E-state index contributed by atoms with van der Waals surface area (Å²) in [6.07, 6.45) is 5.65. The number of carbonyl (C=O) groups is 1. The maximum atomic E-state index is 12.2. The smallest absolute Gasteiger partial charge is 0.220 e. The molecule has 0 aliphatic carbocycles. The summed E-state index contributed by atoms with van der Waals surface area (Å²) in [5.41, 5.74) is 0.974. The van der Waals surface area contributed by atoms with Gasteiger partial charge >= 0.3 is 0 Å². The van der Waals surface area contributed by atoms with E-state index in [0.717, 1.165) is 37.9 Å². The number of carbonyl (C=O) groups excluding carboxylic acids is 1. The molecule has 2 atom stereocenters. The summed E-state index contributed by atoms with van der Waals surface area (Å²) < 4.78 is 21.7. The van der Waals surface area contributed by atoms with Crippen LogP contribution in [0.1, 0.15) is 44.6 Å². The van der Waals surface area contributed by atoms with Crippen LogP contribution in [0.5, 0.6) is 17.2 Å². The van der Waals surface area contributed by atoms with Crippen molar-refractivity contribution in [3.8, 4) is 17.2 Å². The maximum Gasteiger partial charge on any atom is 0.220 e. The molecule has 1 heterocycles. The molecular formula is C20H31NO5. The molecule has 6 heteroatoms. The predicted molar refractivity (Wildman–Crippen MR) is 100 cm³/mol. The van der Waals surface area contributed by atoms with Crippen LogP contribution in [-0.2, 0) is 16.0 Å². The largest absolute Gasteiger partial charge is 0.493 e. The molecule has 1 saturated heterocycles. The molecule has 0 bridgehead atoms. The minimum Gasteiger partial charge on any atom is -0.493 e. The van der Waals surface area contributed by atoms with Gasteiger partial charge in [-0.05, 0) is 56.7 Å². The van der Waals surface area contributed by atoms with E-state index in [1.807, 2.05) is 19.1 Å². The van der Waals surface area contributed by atoms with Gasteiger partial charge in [-0.25, -0.2) is 0 Å². The molecule has 1 aromatic rings. The molecule has 1 aliphatic heterocycles. The van der Waals surface area contributed by atoms with Crippen LogP contribution in [0.2, 0.25) is 0 Å². The number of rotatable bonds is 10. The minimum absolute atomic E-state index is 0.0543. The second-order valence-corrected chi connectivity index (χ2v) is 6.71. The fraction of sp³-hybridized carbons (Fsp3) is 0.650. The van der Waals surface area contributed by atoms with E-state index in [2.05, 4.69) is 5.32 Å². The first-order valence-corrected chi connectivity index (χ1v) is 9.27. The van der Waals surface area contributed by atoms with Gasteiger partial charge in [-0.2, -0.15) is 0 Å². The van der Waals surface area contributed by atoms with Crippen molar-refractivity contribution in [1.82, 2.24) is 5.32 Å². The lowest BCUT2D eigenvalue weighted by Gasteiger charge is -2.17. The number of hydrogen-bond acceptors (Lipinski definition) is 5. The van der Waals surface area contributed by atoms with Crippen molar-refractivity contribution in [2.24, 2.45) is 0 Å². The van der Waals surface area contributed by atoms with Crippen LogP contribution in [0.4, 0.5) is 0 Å².